The zero-order valence-corrected chi connectivity index (χ0v) is 39.9. The largest absolute Gasteiger partial charge is 0.486 e. The molecule has 0 radical (unpaired) electrons. The van der Waals surface area contributed by atoms with Crippen molar-refractivity contribution in [1.29, 1.82) is 0 Å². The molecule has 0 bridgehead atoms. The smallest absolute Gasteiger partial charge is 0.341 e. The van der Waals surface area contributed by atoms with Gasteiger partial charge < -0.3 is 43.7 Å². The Morgan fingerprint density at radius 2 is 1.03 bits per heavy atom. The van der Waals surface area contributed by atoms with Crippen LogP contribution in [0.15, 0.2) is 54.6 Å². The number of urea groups is 1. The molecule has 3 spiro atoms. The van der Waals surface area contributed by atoms with E-state index in [1.165, 1.54) is 14.2 Å². The summed E-state index contributed by atoms with van der Waals surface area (Å²) in [5, 5.41) is 12.3. The fourth-order valence-corrected chi connectivity index (χ4v) is 10.5. The molecule has 3 aromatic rings. The molecule has 0 unspecified atom stereocenters. The van der Waals surface area contributed by atoms with Crippen molar-refractivity contribution in [3.8, 4) is 17.2 Å². The molecule has 16 heteroatoms. The van der Waals surface area contributed by atoms with Crippen molar-refractivity contribution in [2.75, 3.05) is 68.6 Å². The molecule has 2 saturated heterocycles. The second-order valence-electron chi connectivity index (χ2n) is 19.1. The van der Waals surface area contributed by atoms with E-state index in [2.05, 4.69) is 5.32 Å². The van der Waals surface area contributed by atoms with Gasteiger partial charge >= 0.3 is 18.0 Å². The van der Waals surface area contributed by atoms with Gasteiger partial charge in [0, 0.05) is 60.0 Å². The summed E-state index contributed by atoms with van der Waals surface area (Å²) in [5.74, 6) is 0.971. The van der Waals surface area contributed by atoms with Crippen LogP contribution in [0.1, 0.15) is 118 Å². The van der Waals surface area contributed by atoms with Gasteiger partial charge in [0.05, 0.1) is 19.8 Å². The topological polar surface area (TPSA) is 186 Å². The highest BCUT2D eigenvalue weighted by Gasteiger charge is 2.44. The predicted octanol–water partition coefficient (Wildman–Crippen LogP) is 6.38. The molecule has 4 amide bonds. The zero-order chi connectivity index (χ0) is 47.9. The van der Waals surface area contributed by atoms with Crippen LogP contribution in [0.25, 0.3) is 0 Å². The molecular formula is C51H67N5O11. The summed E-state index contributed by atoms with van der Waals surface area (Å²) in [6, 6.07) is 16.8. The quantitative estimate of drug-likeness (QED) is 0.149. The van der Waals surface area contributed by atoms with Crippen molar-refractivity contribution in [3.63, 3.8) is 0 Å². The van der Waals surface area contributed by atoms with Gasteiger partial charge in [-0.3, -0.25) is 14.8 Å². The number of fused-ring (bicyclic) bond motifs is 3. The van der Waals surface area contributed by atoms with Crippen LogP contribution in [0.5, 0.6) is 17.2 Å². The first-order valence-electron chi connectivity index (χ1n) is 23.6. The van der Waals surface area contributed by atoms with Crippen molar-refractivity contribution in [1.82, 2.24) is 25.5 Å². The number of hydroxylamine groups is 1. The molecule has 3 N–H and O–H groups in total. The molecule has 3 aromatic carbocycles. The number of likely N-dealkylation sites (tertiary alicyclic amines) is 1. The fourth-order valence-electron chi connectivity index (χ4n) is 10.5. The van der Waals surface area contributed by atoms with Gasteiger partial charge in [0.15, 0.2) is 0 Å². The van der Waals surface area contributed by atoms with Crippen LogP contribution in [-0.4, -0.2) is 135 Å². The summed E-state index contributed by atoms with van der Waals surface area (Å²) in [7, 11) is 9.90. The molecule has 6 aliphatic rings. The van der Waals surface area contributed by atoms with Gasteiger partial charge in [-0.15, -0.1) is 0 Å². The minimum absolute atomic E-state index is 0.0382. The second-order valence-corrected chi connectivity index (χ2v) is 19.1. The van der Waals surface area contributed by atoms with E-state index >= 15 is 0 Å². The highest BCUT2D eigenvalue weighted by atomic mass is 16.5. The number of ether oxygens (including phenoxy) is 5. The van der Waals surface area contributed by atoms with E-state index in [4.69, 9.17) is 28.9 Å². The fraction of sp³-hybridized carbons (Fsp3) is 0.549. The van der Waals surface area contributed by atoms with Gasteiger partial charge in [-0.25, -0.2) is 19.9 Å². The van der Waals surface area contributed by atoms with E-state index in [1.54, 1.807) is 67.7 Å². The molecule has 362 valence electrons. The number of amides is 4. The first-order valence-corrected chi connectivity index (χ1v) is 23.6. The molecule has 0 aromatic heterocycles. The first-order chi connectivity index (χ1) is 32.2. The number of benzene rings is 3. The number of hydrogen-bond donors (Lipinski definition) is 3. The number of rotatable bonds is 4. The number of methoxy groups -OCH3 is 2. The van der Waals surface area contributed by atoms with Gasteiger partial charge in [-0.1, -0.05) is 36.4 Å². The molecule has 9 rings (SSSR count). The van der Waals surface area contributed by atoms with E-state index in [0.717, 1.165) is 125 Å². The standard InChI is InChI=1S/2C18H24N2O4.C15H19NO3/c1-19(2)17(22)20-11-9-18(10-12-20)8-7-13-5-4-6-14(15(13)24-18)16(21)23-3;1-20(2)17(22)13-7-10-18(11-8-13)9-6-12-4-3-5-14(15(12)24-18)16(21)19-23;1-18-14(17)12-4-2-3-11-5-6-15(19-13(11)12)7-9-16-10-8-15/h4-6H,7-12H2,1-3H3;3-5,13,23H,6-11H2,1-2H3,(H,19,21);2-4,16H,5-10H2,1H3. The van der Waals surface area contributed by atoms with E-state index in [-0.39, 0.29) is 46.6 Å². The third-order valence-electron chi connectivity index (χ3n) is 14.5. The van der Waals surface area contributed by atoms with Crippen LogP contribution >= 0.6 is 0 Å². The molecule has 1 aliphatic carbocycles. The molecule has 67 heavy (non-hydrogen) atoms. The highest BCUT2D eigenvalue weighted by Crippen LogP contribution is 2.46. The Bertz CT molecular complexity index is 2180. The summed E-state index contributed by atoms with van der Waals surface area (Å²) in [4.78, 5) is 65.1. The van der Waals surface area contributed by atoms with Gasteiger partial charge in [-0.2, -0.15) is 0 Å². The molecule has 1 saturated carbocycles. The Kier molecular flexibility index (Phi) is 15.3. The number of esters is 2. The van der Waals surface area contributed by atoms with Crippen molar-refractivity contribution in [2.24, 2.45) is 5.92 Å². The Morgan fingerprint density at radius 1 is 0.612 bits per heavy atom. The summed E-state index contributed by atoms with van der Waals surface area (Å²) >= 11 is 0. The predicted molar refractivity (Wildman–Crippen MR) is 249 cm³/mol. The SMILES string of the molecule is CN(C)C(=O)C1CCC2(CCc3cccc(C(=O)NO)c3O2)CC1.COC(=O)c1cccc2c1OC1(CC2)CCN(C(=O)N(C)C)CC1.COC(=O)c1cccc2c1OC1(CCNCC1)CC2. The average Bonchev–Trinajstić information content (AvgIpc) is 3.35. The van der Waals surface area contributed by atoms with Crippen molar-refractivity contribution in [3.05, 3.63) is 88.0 Å². The van der Waals surface area contributed by atoms with E-state index in [1.807, 2.05) is 35.2 Å². The van der Waals surface area contributed by atoms with Crippen LogP contribution in [0.4, 0.5) is 4.79 Å². The van der Waals surface area contributed by atoms with E-state index in [9.17, 15) is 24.0 Å². The maximum Gasteiger partial charge on any atom is 0.341 e. The summed E-state index contributed by atoms with van der Waals surface area (Å²) in [6.07, 6.45) is 12.3. The van der Waals surface area contributed by atoms with Crippen LogP contribution in [-0.2, 0) is 33.5 Å². The lowest BCUT2D eigenvalue weighted by Crippen LogP contribution is -2.53. The molecule has 5 heterocycles. The van der Waals surface area contributed by atoms with Gasteiger partial charge in [-0.05, 0) is 125 Å². The summed E-state index contributed by atoms with van der Waals surface area (Å²) < 4.78 is 28.7. The third kappa shape index (κ3) is 10.8. The minimum atomic E-state index is -0.555. The minimum Gasteiger partial charge on any atom is -0.486 e. The summed E-state index contributed by atoms with van der Waals surface area (Å²) in [6.45, 7) is 3.31. The number of carbonyl (C=O) groups is 5. The second kappa shape index (κ2) is 21.0. The molecule has 16 nitrogen and oxygen atoms in total. The lowest BCUT2D eigenvalue weighted by Gasteiger charge is -2.45. The maximum absolute atomic E-state index is 12.2. The van der Waals surface area contributed by atoms with Crippen LogP contribution in [0.2, 0.25) is 0 Å². The lowest BCUT2D eigenvalue weighted by molar-refractivity contribution is -0.135. The number of para-hydroxylation sites is 3. The lowest BCUT2D eigenvalue weighted by atomic mass is 9.74. The van der Waals surface area contributed by atoms with Gasteiger partial charge in [0.2, 0.25) is 5.91 Å². The molecule has 3 fully saturated rings. The maximum atomic E-state index is 12.2. The Hall–Kier alpha value is -5.87. The number of carbonyl (C=O) groups excluding carboxylic acids is 5. The van der Waals surface area contributed by atoms with Crippen molar-refractivity contribution >= 4 is 29.8 Å². The molecule has 0 atom stereocenters. The number of nitrogens with one attached hydrogen (secondary N) is 2. The van der Waals surface area contributed by atoms with Crippen molar-refractivity contribution < 1.29 is 52.9 Å². The number of hydrogen-bond acceptors (Lipinski definition) is 12. The van der Waals surface area contributed by atoms with Gasteiger partial charge in [0.1, 0.15) is 45.2 Å². The Morgan fingerprint density at radius 3 is 1.45 bits per heavy atom. The molecule has 5 aliphatic heterocycles. The third-order valence-corrected chi connectivity index (χ3v) is 14.5. The Labute approximate surface area is 393 Å². The van der Waals surface area contributed by atoms with Crippen molar-refractivity contribution in [2.45, 2.75) is 107 Å². The van der Waals surface area contributed by atoms with Crippen LogP contribution in [0.3, 0.4) is 0 Å². The normalized spacial score (nSPS) is 21.6. The highest BCUT2D eigenvalue weighted by molar-refractivity contribution is 5.97. The molecular weight excluding hydrogens is 859 g/mol. The average molecular weight is 926 g/mol. The Balaban J connectivity index is 0.000000150. The van der Waals surface area contributed by atoms with E-state index in [0.29, 0.717) is 41.3 Å². The number of aryl methyl sites for hydroxylation is 3. The number of nitrogens with zero attached hydrogens (tertiary/aromatic N) is 3. The number of piperidine rings is 2. The summed E-state index contributed by atoms with van der Waals surface area (Å²) in [5.41, 5.74) is 5.56. The zero-order valence-electron chi connectivity index (χ0n) is 39.9. The van der Waals surface area contributed by atoms with Crippen LogP contribution in [0, 0.1) is 5.92 Å². The monoisotopic (exact) mass is 925 g/mol. The van der Waals surface area contributed by atoms with Gasteiger partial charge in [0.25, 0.3) is 5.91 Å². The van der Waals surface area contributed by atoms with Crippen LogP contribution < -0.4 is 25.0 Å². The first kappa shape index (κ1) is 49.0. The van der Waals surface area contributed by atoms with E-state index < -0.39 is 5.91 Å².